The minimum absolute atomic E-state index is 0.214. The quantitative estimate of drug-likeness (QED) is 0.150. The Balaban J connectivity index is 0.890. The van der Waals surface area contributed by atoms with Gasteiger partial charge in [-0.25, -0.2) is 9.59 Å². The average Bonchev–Trinajstić information content (AvgIpc) is 1.90. The minimum Gasteiger partial charge on any atom is -0.444 e. The molecular weight excluding hydrogens is 1110 g/mol. The molecule has 4 heterocycles. The van der Waals surface area contributed by atoms with E-state index in [2.05, 4.69) is 26.9 Å². The Labute approximate surface area is 502 Å². The van der Waals surface area contributed by atoms with Crippen LogP contribution in [0.15, 0.2) is 60.7 Å². The summed E-state index contributed by atoms with van der Waals surface area (Å²) in [5.74, 6) is -1.86. The molecule has 2 aromatic rings. The van der Waals surface area contributed by atoms with Gasteiger partial charge in [0.15, 0.2) is 6.04 Å². The van der Waals surface area contributed by atoms with Crippen LogP contribution < -0.4 is 16.0 Å². The van der Waals surface area contributed by atoms with E-state index in [0.717, 1.165) is 27.2 Å². The highest BCUT2D eigenvalue weighted by molar-refractivity contribution is 8.00. The van der Waals surface area contributed by atoms with Crippen LogP contribution >= 0.6 is 23.5 Å². The summed E-state index contributed by atoms with van der Waals surface area (Å²) in [5.41, 5.74) is 1.23. The maximum absolute atomic E-state index is 14.8. The monoisotopic (exact) mass is 1200 g/mol. The molecule has 6 aliphatic rings. The predicted molar refractivity (Wildman–Crippen MR) is 321 cm³/mol. The van der Waals surface area contributed by atoms with Gasteiger partial charge < -0.3 is 49.6 Å². The number of carbonyl (C=O) groups excluding carboxylic acids is 8. The molecule has 8 amide bonds. The first-order valence-electron chi connectivity index (χ1n) is 29.2. The number of carbonyl (C=O) groups is 8. The normalized spacial score (nSPS) is 27.2. The van der Waals surface area contributed by atoms with Crippen LogP contribution in [0.4, 0.5) is 9.59 Å². The van der Waals surface area contributed by atoms with Crippen LogP contribution in [0.2, 0.25) is 0 Å². The molecule has 0 bridgehead atoms. The van der Waals surface area contributed by atoms with E-state index in [1.165, 1.54) is 19.0 Å². The third-order valence-electron chi connectivity index (χ3n) is 16.4. The van der Waals surface area contributed by atoms with Gasteiger partial charge in [0.25, 0.3) is 6.07 Å². The maximum atomic E-state index is 14.8. The molecule has 0 radical (unpaired) electrons. The summed E-state index contributed by atoms with van der Waals surface area (Å²) in [7, 11) is 2.94. The standard InChI is InChI=1S/C62H84N8O12S2/c1-36(68(13)58(78)82-60(5,6)7)52(72)65-43-25-29-84-48-33-62(10,11)51(70(48)56(43)76)54(74)66-49-40-23-17-15-21-38(40)31-45(49)80-27-19-18-26-79-44-30-37-20-14-16-22-39(37)41(44)34-63-53(73)50-61(8,9)32-47-69(50)55(75)42(24-28-83-47)64-46(71)35-67(12)57(77)81-59(2,3)4/h14-23,36,41-45,47-51H,24-33,35H2,1-13H3,(H2-,64,65,66,71,72,74)/p+1/b19-18+/t36-,41?,42-,43-,44+,45+,47-,48-,49-,50+,51+/m0/s1. The fourth-order valence-electron chi connectivity index (χ4n) is 12.2. The molecule has 2 aromatic carbocycles. The van der Waals surface area contributed by atoms with Gasteiger partial charge in [-0.15, -0.1) is 23.5 Å². The number of amides is 8. The molecule has 4 fully saturated rings. The van der Waals surface area contributed by atoms with Crippen LogP contribution in [-0.4, -0.2) is 177 Å². The van der Waals surface area contributed by atoms with Crippen LogP contribution in [0.25, 0.3) is 4.85 Å². The largest absolute Gasteiger partial charge is 0.537 e. The molecule has 11 atom stereocenters. The van der Waals surface area contributed by atoms with Gasteiger partial charge >= 0.3 is 18.1 Å². The van der Waals surface area contributed by atoms with Crippen LogP contribution in [0.5, 0.6) is 0 Å². The van der Waals surface area contributed by atoms with Crippen LogP contribution in [-0.2, 0) is 60.6 Å². The summed E-state index contributed by atoms with van der Waals surface area (Å²) < 4.78 is 23.9. The molecule has 456 valence electrons. The number of fused-ring (bicyclic) bond motifs is 4. The van der Waals surface area contributed by atoms with E-state index in [1.54, 1.807) is 81.8 Å². The van der Waals surface area contributed by atoms with Gasteiger partial charge in [-0.2, -0.15) is 4.79 Å². The van der Waals surface area contributed by atoms with E-state index in [1.807, 2.05) is 88.4 Å². The van der Waals surface area contributed by atoms with Crippen molar-refractivity contribution in [1.82, 2.24) is 35.6 Å². The zero-order valence-electron chi connectivity index (χ0n) is 50.9. The van der Waals surface area contributed by atoms with Gasteiger partial charge in [0.05, 0.1) is 42.2 Å². The number of nitrogens with zero attached hydrogens (tertiary/aromatic N) is 5. The highest BCUT2D eigenvalue weighted by Crippen LogP contribution is 2.49. The summed E-state index contributed by atoms with van der Waals surface area (Å²) in [6.45, 7) is 20.0. The van der Waals surface area contributed by atoms with E-state index in [-0.39, 0.29) is 48.2 Å². The fourth-order valence-corrected chi connectivity index (χ4v) is 15.3. The fraction of sp³-hybridized carbons (Fsp3) is 0.629. The highest BCUT2D eigenvalue weighted by Gasteiger charge is 2.59. The number of nitrogens with one attached hydrogen (secondary N) is 3. The molecule has 0 aromatic heterocycles. The van der Waals surface area contributed by atoms with Crippen molar-refractivity contribution in [3.8, 4) is 6.07 Å². The summed E-state index contributed by atoms with van der Waals surface area (Å²) in [5, 5.41) is 8.45. The zero-order valence-corrected chi connectivity index (χ0v) is 52.5. The van der Waals surface area contributed by atoms with Crippen molar-refractivity contribution in [2.45, 2.75) is 191 Å². The van der Waals surface area contributed by atoms with Gasteiger partial charge in [-0.05, 0) is 113 Å². The number of likely N-dealkylation sites (N-methyl/N-ethyl adjacent to an activating group) is 2. The second kappa shape index (κ2) is 25.8. The second-order valence-corrected chi connectivity index (χ2v) is 28.8. The number of thioether (sulfide) groups is 2. The Morgan fingerprint density at radius 2 is 1.21 bits per heavy atom. The molecule has 1 unspecified atom stereocenters. The Hall–Kier alpha value is -6.15. The highest BCUT2D eigenvalue weighted by atomic mass is 32.2. The third-order valence-corrected chi connectivity index (χ3v) is 18.9. The Morgan fingerprint density at radius 1 is 0.714 bits per heavy atom. The van der Waals surface area contributed by atoms with E-state index in [4.69, 9.17) is 18.9 Å². The van der Waals surface area contributed by atoms with Gasteiger partial charge in [-0.1, -0.05) is 88.4 Å². The van der Waals surface area contributed by atoms with E-state index < -0.39 is 106 Å². The van der Waals surface area contributed by atoms with E-state index >= 15 is 0 Å². The molecule has 4 aliphatic heterocycles. The van der Waals surface area contributed by atoms with Gasteiger partial charge in [-0.3, -0.25) is 28.9 Å². The van der Waals surface area contributed by atoms with Crippen molar-refractivity contribution >= 4 is 71.2 Å². The van der Waals surface area contributed by atoms with Crippen molar-refractivity contribution in [3.63, 3.8) is 0 Å². The first-order valence-corrected chi connectivity index (χ1v) is 31.3. The molecule has 0 spiro atoms. The van der Waals surface area contributed by atoms with Crippen molar-refractivity contribution < 1.29 is 57.3 Å². The summed E-state index contributed by atoms with van der Waals surface area (Å²) in [6.07, 6.45) is 4.57. The lowest BCUT2D eigenvalue weighted by atomic mass is 9.83. The van der Waals surface area contributed by atoms with Crippen LogP contribution in [0.1, 0.15) is 136 Å². The maximum Gasteiger partial charge on any atom is 0.537 e. The Morgan fingerprint density at radius 3 is 1.81 bits per heavy atom. The van der Waals surface area contributed by atoms with Gasteiger partial charge in [0, 0.05) is 37.2 Å². The Kier molecular flexibility index (Phi) is 19.6. The third kappa shape index (κ3) is 14.7. The molecular formula is C62H85N8O12S2+. The minimum atomic E-state index is -0.926. The zero-order chi connectivity index (χ0) is 61.2. The first kappa shape index (κ1) is 63.9. The summed E-state index contributed by atoms with van der Waals surface area (Å²) in [4.78, 5) is 120. The number of hydrogen-bond acceptors (Lipinski definition) is 14. The molecule has 2 aliphatic carbocycles. The first-order chi connectivity index (χ1) is 39.4. The van der Waals surface area contributed by atoms with Crippen LogP contribution in [0, 0.1) is 16.9 Å². The number of hydrogen-bond donors (Lipinski definition) is 3. The van der Waals surface area contributed by atoms with Gasteiger partial charge in [0.2, 0.25) is 29.5 Å². The summed E-state index contributed by atoms with van der Waals surface area (Å²) in [6, 6.07) is 14.0. The number of rotatable bonds is 15. The number of benzene rings is 2. The predicted octanol–water partition coefficient (Wildman–Crippen LogP) is 7.20. The van der Waals surface area contributed by atoms with Crippen LogP contribution in [0.3, 0.4) is 0 Å². The molecule has 22 heteroatoms. The molecule has 8 rings (SSSR count). The van der Waals surface area contributed by atoms with E-state index in [0.29, 0.717) is 50.0 Å². The molecule has 20 nitrogen and oxygen atoms in total. The van der Waals surface area contributed by atoms with Crippen molar-refractivity contribution in [1.29, 1.82) is 0 Å². The number of ether oxygens (including phenoxy) is 4. The molecule has 4 saturated heterocycles. The summed E-state index contributed by atoms with van der Waals surface area (Å²) >= 11 is 3.18. The Bertz CT molecular complexity index is 2950. The smallest absolute Gasteiger partial charge is 0.444 e. The van der Waals surface area contributed by atoms with Crippen molar-refractivity contribution in [2.24, 2.45) is 10.8 Å². The topological polar surface area (TPSA) is 227 Å². The lowest BCUT2D eigenvalue weighted by Gasteiger charge is -2.35. The molecule has 84 heavy (non-hydrogen) atoms. The van der Waals surface area contributed by atoms with Crippen molar-refractivity contribution in [2.75, 3.05) is 45.4 Å². The SMILES string of the molecule is C[C@@H](C(=O)N[C@H]1CCS[C@H]2CC(C)(C)[C@@H](C(=O)N[C@H]3c4ccccc4C[C@H]3OC/C=C/CO[C@@H]3Cc4ccccc4C3C#[N+]C(=O)[C@H]3N4C(=O)[C@@H](NC(=O)CN(C)C(=O)OC(C)(C)C)CCS[C@H]4CC3(C)C)N2C1=O)N(C)C(=O)OC(C)(C)C. The van der Waals surface area contributed by atoms with E-state index in [9.17, 15) is 38.4 Å². The molecule has 3 N–H and O–H groups in total. The average molecular weight is 1200 g/mol. The lowest BCUT2D eigenvalue weighted by molar-refractivity contribution is -0.144. The second-order valence-electron chi connectivity index (χ2n) is 26.3. The lowest BCUT2D eigenvalue weighted by Crippen LogP contribution is -2.58. The molecule has 0 saturated carbocycles. The van der Waals surface area contributed by atoms with Crippen molar-refractivity contribution in [3.05, 3.63) is 87.8 Å². The van der Waals surface area contributed by atoms with Gasteiger partial charge in [0.1, 0.15) is 47.8 Å².